The van der Waals surface area contributed by atoms with Gasteiger partial charge in [0.1, 0.15) is 11.6 Å². The second kappa shape index (κ2) is 7.96. The molecule has 2 aromatic heterocycles. The number of hydrogen-bond donors (Lipinski definition) is 1. The number of benzene rings is 1. The molecule has 158 valence electrons. The molecule has 2 aliphatic rings. The summed E-state index contributed by atoms with van der Waals surface area (Å²) in [7, 11) is 2.16. The van der Waals surface area contributed by atoms with E-state index in [0.29, 0.717) is 17.4 Å². The zero-order valence-corrected chi connectivity index (χ0v) is 17.8. The minimum absolute atomic E-state index is 0.0830. The molecule has 2 aliphatic heterocycles. The summed E-state index contributed by atoms with van der Waals surface area (Å²) in [5.74, 6) is 2.75. The van der Waals surface area contributed by atoms with Crippen LogP contribution in [-0.2, 0) is 6.54 Å². The number of likely N-dealkylation sites (tertiary alicyclic amines) is 2. The van der Waals surface area contributed by atoms with Crippen molar-refractivity contribution >= 4 is 5.52 Å². The van der Waals surface area contributed by atoms with Crippen molar-refractivity contribution < 1.29 is 0 Å². The lowest BCUT2D eigenvalue weighted by Crippen LogP contribution is -2.30. The number of H-pyrrole nitrogens is 1. The number of nitrogens with zero attached hydrogens (tertiary/aromatic N) is 5. The number of piperidine rings is 1. The highest BCUT2D eigenvalue weighted by molar-refractivity contribution is 5.42. The van der Waals surface area contributed by atoms with Crippen LogP contribution in [0.15, 0.2) is 41.3 Å². The van der Waals surface area contributed by atoms with E-state index in [2.05, 4.69) is 64.1 Å². The van der Waals surface area contributed by atoms with Gasteiger partial charge in [0.05, 0.1) is 6.20 Å². The topological polar surface area (TPSA) is 69.5 Å². The Balaban J connectivity index is 1.41. The van der Waals surface area contributed by atoms with Crippen molar-refractivity contribution in [3.8, 4) is 0 Å². The van der Waals surface area contributed by atoms with Gasteiger partial charge in [-0.2, -0.15) is 5.10 Å². The summed E-state index contributed by atoms with van der Waals surface area (Å²) in [6.07, 6.45) is 3.80. The molecule has 7 heteroatoms. The molecule has 30 heavy (non-hydrogen) atoms. The van der Waals surface area contributed by atoms with E-state index in [4.69, 9.17) is 5.10 Å². The smallest absolute Gasteiger partial charge is 0.276 e. The standard InChI is InChI=1S/C23H30N6O/c1-16-13-28(14-17-6-4-3-5-7-17)15-19(16)21-25-23(30)20-12-24-22(29(20)26-21)18-8-10-27(2)11-9-18/h3-7,12,16,18-19H,8-11,13-15H2,1-2H3,(H,25,26,30). The summed E-state index contributed by atoms with van der Waals surface area (Å²) >= 11 is 0. The number of hydrogen-bond acceptors (Lipinski definition) is 5. The summed E-state index contributed by atoms with van der Waals surface area (Å²) in [6, 6.07) is 10.6. The number of imidazole rings is 1. The number of rotatable bonds is 4. The highest BCUT2D eigenvalue weighted by Gasteiger charge is 2.33. The van der Waals surface area contributed by atoms with Crippen LogP contribution in [0.3, 0.4) is 0 Å². The third-order valence-electron chi connectivity index (χ3n) is 6.82. The van der Waals surface area contributed by atoms with Crippen LogP contribution in [0.25, 0.3) is 5.52 Å². The molecule has 2 unspecified atom stereocenters. The van der Waals surface area contributed by atoms with E-state index in [9.17, 15) is 4.79 Å². The van der Waals surface area contributed by atoms with Crippen LogP contribution in [0, 0.1) is 5.92 Å². The molecule has 3 aromatic rings. The number of fused-ring (bicyclic) bond motifs is 1. The molecule has 0 spiro atoms. The van der Waals surface area contributed by atoms with E-state index in [1.807, 2.05) is 4.52 Å². The first-order chi connectivity index (χ1) is 14.6. The zero-order valence-electron chi connectivity index (χ0n) is 17.8. The maximum atomic E-state index is 12.8. The van der Waals surface area contributed by atoms with Gasteiger partial charge in [-0.25, -0.2) is 9.50 Å². The minimum atomic E-state index is -0.0830. The molecule has 1 N–H and O–H groups in total. The molecule has 5 rings (SSSR count). The molecule has 2 fully saturated rings. The van der Waals surface area contributed by atoms with Gasteiger partial charge in [0.2, 0.25) is 0 Å². The van der Waals surface area contributed by atoms with Crippen LogP contribution in [0.1, 0.15) is 48.8 Å². The van der Waals surface area contributed by atoms with Gasteiger partial charge < -0.3 is 9.88 Å². The summed E-state index contributed by atoms with van der Waals surface area (Å²) < 4.78 is 1.83. The Morgan fingerprint density at radius 3 is 2.67 bits per heavy atom. The van der Waals surface area contributed by atoms with Crippen molar-refractivity contribution in [2.45, 2.75) is 38.1 Å². The molecule has 0 aliphatic carbocycles. The third-order valence-corrected chi connectivity index (χ3v) is 6.82. The van der Waals surface area contributed by atoms with Crippen LogP contribution in [0.2, 0.25) is 0 Å². The Kier molecular flexibility index (Phi) is 5.16. The Bertz CT molecular complexity index is 1070. The molecular weight excluding hydrogens is 376 g/mol. The molecule has 4 heterocycles. The largest absolute Gasteiger partial charge is 0.307 e. The van der Waals surface area contributed by atoms with Crippen LogP contribution < -0.4 is 5.56 Å². The van der Waals surface area contributed by atoms with Crippen molar-refractivity contribution in [2.24, 2.45) is 5.92 Å². The molecule has 2 saturated heterocycles. The fraction of sp³-hybridized carbons (Fsp3) is 0.522. The first kappa shape index (κ1) is 19.5. The highest BCUT2D eigenvalue weighted by Crippen LogP contribution is 2.31. The Labute approximate surface area is 176 Å². The molecule has 1 aromatic carbocycles. The number of aromatic amines is 1. The zero-order chi connectivity index (χ0) is 20.7. The molecule has 0 saturated carbocycles. The summed E-state index contributed by atoms with van der Waals surface area (Å²) in [5.41, 5.74) is 1.79. The van der Waals surface area contributed by atoms with Crippen molar-refractivity contribution in [3.05, 3.63) is 64.1 Å². The van der Waals surface area contributed by atoms with Gasteiger partial charge in [-0.15, -0.1) is 0 Å². The van der Waals surface area contributed by atoms with Gasteiger partial charge in [0.15, 0.2) is 5.52 Å². The molecule has 0 amide bonds. The van der Waals surface area contributed by atoms with Crippen molar-refractivity contribution in [1.82, 2.24) is 29.4 Å². The van der Waals surface area contributed by atoms with Gasteiger partial charge >= 0.3 is 0 Å². The lowest BCUT2D eigenvalue weighted by molar-refractivity contribution is 0.250. The van der Waals surface area contributed by atoms with E-state index >= 15 is 0 Å². The lowest BCUT2D eigenvalue weighted by atomic mass is 9.96. The maximum absolute atomic E-state index is 12.8. The van der Waals surface area contributed by atoms with E-state index < -0.39 is 0 Å². The second-order valence-electron chi connectivity index (χ2n) is 9.09. The summed E-state index contributed by atoms with van der Waals surface area (Å²) in [5, 5.41) is 4.92. The van der Waals surface area contributed by atoms with Crippen molar-refractivity contribution in [2.75, 3.05) is 33.2 Å². The predicted molar refractivity (Wildman–Crippen MR) is 117 cm³/mol. The first-order valence-corrected chi connectivity index (χ1v) is 11.0. The average molecular weight is 407 g/mol. The summed E-state index contributed by atoms with van der Waals surface area (Å²) in [6.45, 7) is 7.22. The van der Waals surface area contributed by atoms with Gasteiger partial charge in [-0.3, -0.25) is 9.69 Å². The molecular formula is C23H30N6O. The van der Waals surface area contributed by atoms with Crippen molar-refractivity contribution in [3.63, 3.8) is 0 Å². The predicted octanol–water partition coefficient (Wildman–Crippen LogP) is 2.46. The second-order valence-corrected chi connectivity index (χ2v) is 9.09. The highest BCUT2D eigenvalue weighted by atomic mass is 16.1. The quantitative estimate of drug-likeness (QED) is 0.721. The number of nitrogens with one attached hydrogen (secondary N) is 1. The van der Waals surface area contributed by atoms with Crippen molar-refractivity contribution in [1.29, 1.82) is 0 Å². The monoisotopic (exact) mass is 406 g/mol. The lowest BCUT2D eigenvalue weighted by Gasteiger charge is -2.28. The van der Waals surface area contributed by atoms with Gasteiger partial charge in [0, 0.05) is 31.5 Å². The Morgan fingerprint density at radius 2 is 1.90 bits per heavy atom. The molecule has 0 bridgehead atoms. The van der Waals surface area contributed by atoms with Crippen LogP contribution in [-0.4, -0.2) is 62.6 Å². The minimum Gasteiger partial charge on any atom is -0.307 e. The third kappa shape index (κ3) is 3.68. The number of aromatic nitrogens is 4. The normalized spacial score (nSPS) is 24.1. The van der Waals surface area contributed by atoms with E-state index in [1.165, 1.54) is 5.56 Å². The average Bonchev–Trinajstić information content (AvgIpc) is 3.33. The van der Waals surface area contributed by atoms with E-state index in [-0.39, 0.29) is 11.5 Å². The fourth-order valence-corrected chi connectivity index (χ4v) is 5.04. The molecule has 7 nitrogen and oxygen atoms in total. The van der Waals surface area contributed by atoms with Crippen LogP contribution in [0.4, 0.5) is 0 Å². The van der Waals surface area contributed by atoms with Gasteiger partial charge in [-0.05, 0) is 44.5 Å². The van der Waals surface area contributed by atoms with E-state index in [0.717, 1.165) is 57.2 Å². The first-order valence-electron chi connectivity index (χ1n) is 11.0. The Morgan fingerprint density at radius 1 is 1.13 bits per heavy atom. The van der Waals surface area contributed by atoms with E-state index in [1.54, 1.807) is 6.20 Å². The fourth-order valence-electron chi connectivity index (χ4n) is 5.04. The molecule has 2 atom stereocenters. The maximum Gasteiger partial charge on any atom is 0.276 e. The molecule has 0 radical (unpaired) electrons. The Hall–Kier alpha value is -2.51. The summed E-state index contributed by atoms with van der Waals surface area (Å²) in [4.78, 5) is 25.3. The van der Waals surface area contributed by atoms with Crippen LogP contribution in [0.5, 0.6) is 0 Å². The SMILES string of the molecule is CC1CN(Cc2ccccc2)CC1c1nn2c(C3CCN(C)CC3)ncc2c(=O)[nH]1. The van der Waals surface area contributed by atoms with Gasteiger partial charge in [-0.1, -0.05) is 37.3 Å². The van der Waals surface area contributed by atoms with Crippen LogP contribution >= 0.6 is 0 Å². The van der Waals surface area contributed by atoms with Gasteiger partial charge in [0.25, 0.3) is 5.56 Å².